The standard InChI is InChI=1S/C17H22N4O/c1-3-19-10-13-9-12(19)11-21(13)16-17(22)20(4-2)15-8-6-5-7-14(15)18-16/h5-8,12-13H,3-4,9-11H2,1-2H3/t12-,13-/m1/s1. The van der Waals surface area contributed by atoms with Gasteiger partial charge in [0.1, 0.15) is 0 Å². The predicted octanol–water partition coefficient (Wildman–Crippen LogP) is 1.70. The number of hydrogen-bond acceptors (Lipinski definition) is 4. The van der Waals surface area contributed by atoms with E-state index in [4.69, 9.17) is 4.98 Å². The first-order valence-corrected chi connectivity index (χ1v) is 8.23. The monoisotopic (exact) mass is 298 g/mol. The van der Waals surface area contributed by atoms with Gasteiger partial charge in [-0.25, -0.2) is 4.98 Å². The maximum absolute atomic E-state index is 12.9. The van der Waals surface area contributed by atoms with Crippen LogP contribution in [0.4, 0.5) is 5.82 Å². The third-order valence-electron chi connectivity index (χ3n) is 5.18. The van der Waals surface area contributed by atoms with Gasteiger partial charge in [0.2, 0.25) is 0 Å². The summed E-state index contributed by atoms with van der Waals surface area (Å²) in [6, 6.07) is 8.95. The molecule has 2 aliphatic heterocycles. The lowest BCUT2D eigenvalue weighted by molar-refractivity contribution is 0.251. The molecule has 116 valence electrons. The quantitative estimate of drug-likeness (QED) is 0.865. The minimum atomic E-state index is 0.0526. The molecule has 1 aromatic heterocycles. The van der Waals surface area contributed by atoms with E-state index in [1.807, 2.05) is 35.8 Å². The molecule has 1 aromatic carbocycles. The van der Waals surface area contributed by atoms with Crippen molar-refractivity contribution in [1.82, 2.24) is 14.5 Å². The SMILES string of the molecule is CCN1C[C@H]2C[C@@H]1CN2c1nc2ccccc2n(CC)c1=O. The Kier molecular flexibility index (Phi) is 3.18. The van der Waals surface area contributed by atoms with Crippen LogP contribution in [0.5, 0.6) is 0 Å². The van der Waals surface area contributed by atoms with Crippen LogP contribution in [-0.2, 0) is 6.54 Å². The highest BCUT2D eigenvalue weighted by atomic mass is 16.1. The number of likely N-dealkylation sites (N-methyl/N-ethyl adjacent to an activating group) is 1. The van der Waals surface area contributed by atoms with Crippen molar-refractivity contribution >= 4 is 16.9 Å². The highest BCUT2D eigenvalue weighted by Crippen LogP contribution is 2.32. The Balaban J connectivity index is 1.80. The van der Waals surface area contributed by atoms with Gasteiger partial charge < -0.3 is 9.47 Å². The average molecular weight is 298 g/mol. The number of nitrogens with zero attached hydrogens (tertiary/aromatic N) is 4. The van der Waals surface area contributed by atoms with Crippen LogP contribution in [-0.4, -0.2) is 46.2 Å². The Morgan fingerprint density at radius 2 is 1.95 bits per heavy atom. The molecule has 0 N–H and O–H groups in total. The number of aryl methyl sites for hydroxylation is 1. The number of anilines is 1. The number of hydrogen-bond donors (Lipinski definition) is 0. The topological polar surface area (TPSA) is 41.4 Å². The molecule has 22 heavy (non-hydrogen) atoms. The average Bonchev–Trinajstić information content (AvgIpc) is 3.14. The summed E-state index contributed by atoms with van der Waals surface area (Å²) < 4.78 is 1.85. The highest BCUT2D eigenvalue weighted by molar-refractivity contribution is 5.76. The molecule has 2 aromatic rings. The van der Waals surface area contributed by atoms with Gasteiger partial charge in [0, 0.05) is 31.7 Å². The zero-order chi connectivity index (χ0) is 15.3. The van der Waals surface area contributed by atoms with Crippen LogP contribution in [0.1, 0.15) is 20.3 Å². The molecule has 3 heterocycles. The summed E-state index contributed by atoms with van der Waals surface area (Å²) in [5.74, 6) is 0.642. The van der Waals surface area contributed by atoms with Gasteiger partial charge >= 0.3 is 0 Å². The number of benzene rings is 1. The van der Waals surface area contributed by atoms with E-state index in [-0.39, 0.29) is 5.56 Å². The molecule has 2 bridgehead atoms. The maximum Gasteiger partial charge on any atom is 0.294 e. The molecule has 0 amide bonds. The zero-order valence-corrected chi connectivity index (χ0v) is 13.2. The van der Waals surface area contributed by atoms with E-state index in [0.29, 0.717) is 24.4 Å². The zero-order valence-electron chi connectivity index (χ0n) is 13.2. The van der Waals surface area contributed by atoms with Gasteiger partial charge in [0.15, 0.2) is 5.82 Å². The first kappa shape index (κ1) is 13.8. The Morgan fingerprint density at radius 3 is 2.64 bits per heavy atom. The summed E-state index contributed by atoms with van der Waals surface area (Å²) in [7, 11) is 0. The Bertz CT molecular complexity index is 769. The fourth-order valence-electron chi connectivity index (χ4n) is 4.08. The van der Waals surface area contributed by atoms with Crippen LogP contribution in [0.15, 0.2) is 29.1 Å². The number of para-hydroxylation sites is 2. The van der Waals surface area contributed by atoms with Gasteiger partial charge in [-0.3, -0.25) is 9.69 Å². The van der Waals surface area contributed by atoms with Crippen LogP contribution in [0.25, 0.3) is 11.0 Å². The van der Waals surface area contributed by atoms with Crippen molar-refractivity contribution in [2.75, 3.05) is 24.5 Å². The lowest BCUT2D eigenvalue weighted by Crippen LogP contribution is -2.48. The summed E-state index contributed by atoms with van der Waals surface area (Å²) in [4.78, 5) is 22.3. The van der Waals surface area contributed by atoms with Gasteiger partial charge in [0.25, 0.3) is 5.56 Å². The molecule has 0 unspecified atom stereocenters. The molecule has 4 rings (SSSR count). The van der Waals surface area contributed by atoms with Crippen molar-refractivity contribution < 1.29 is 0 Å². The Hall–Kier alpha value is -1.88. The van der Waals surface area contributed by atoms with Crippen molar-refractivity contribution in [1.29, 1.82) is 0 Å². The number of fused-ring (bicyclic) bond motifs is 3. The minimum Gasteiger partial charge on any atom is -0.346 e. The first-order valence-electron chi connectivity index (χ1n) is 8.23. The molecule has 2 saturated heterocycles. The number of aromatic nitrogens is 2. The van der Waals surface area contributed by atoms with E-state index < -0.39 is 0 Å². The van der Waals surface area contributed by atoms with Crippen molar-refractivity contribution in [3.63, 3.8) is 0 Å². The third-order valence-corrected chi connectivity index (χ3v) is 5.18. The second kappa shape index (κ2) is 5.09. The summed E-state index contributed by atoms with van der Waals surface area (Å²) in [5, 5.41) is 0. The Morgan fingerprint density at radius 1 is 1.14 bits per heavy atom. The van der Waals surface area contributed by atoms with Crippen LogP contribution in [0.2, 0.25) is 0 Å². The molecule has 5 nitrogen and oxygen atoms in total. The van der Waals surface area contributed by atoms with E-state index in [2.05, 4.69) is 16.7 Å². The molecular weight excluding hydrogens is 276 g/mol. The highest BCUT2D eigenvalue weighted by Gasteiger charge is 2.43. The number of piperazine rings is 1. The predicted molar refractivity (Wildman–Crippen MR) is 88.5 cm³/mol. The second-order valence-electron chi connectivity index (χ2n) is 6.26. The largest absolute Gasteiger partial charge is 0.346 e. The summed E-state index contributed by atoms with van der Waals surface area (Å²) >= 11 is 0. The van der Waals surface area contributed by atoms with Crippen LogP contribution in [0, 0.1) is 0 Å². The third kappa shape index (κ3) is 1.88. The Labute approximate surface area is 130 Å². The van der Waals surface area contributed by atoms with Gasteiger partial charge in [-0.05, 0) is 32.0 Å². The smallest absolute Gasteiger partial charge is 0.294 e. The van der Waals surface area contributed by atoms with Crippen LogP contribution < -0.4 is 10.5 Å². The minimum absolute atomic E-state index is 0.0526. The van der Waals surface area contributed by atoms with Crippen molar-refractivity contribution in [3.05, 3.63) is 34.6 Å². The summed E-state index contributed by atoms with van der Waals surface area (Å²) in [6.07, 6.45) is 1.16. The molecule has 0 spiro atoms. The summed E-state index contributed by atoms with van der Waals surface area (Å²) in [6.45, 7) is 8.00. The van der Waals surface area contributed by atoms with Gasteiger partial charge in [-0.1, -0.05) is 19.1 Å². The number of rotatable bonds is 3. The maximum atomic E-state index is 12.9. The fourth-order valence-corrected chi connectivity index (χ4v) is 4.08. The summed E-state index contributed by atoms with van der Waals surface area (Å²) in [5.41, 5.74) is 1.89. The molecule has 0 radical (unpaired) electrons. The van der Waals surface area contributed by atoms with E-state index in [1.165, 1.54) is 0 Å². The molecular formula is C17H22N4O. The van der Waals surface area contributed by atoms with Crippen molar-refractivity contribution in [2.45, 2.75) is 38.9 Å². The van der Waals surface area contributed by atoms with Gasteiger partial charge in [-0.15, -0.1) is 0 Å². The fraction of sp³-hybridized carbons (Fsp3) is 0.529. The van der Waals surface area contributed by atoms with E-state index in [9.17, 15) is 4.79 Å². The molecule has 0 saturated carbocycles. The number of likely N-dealkylation sites (tertiary alicyclic amines) is 1. The molecule has 0 aliphatic carbocycles. The lowest BCUT2D eigenvalue weighted by atomic mass is 10.2. The van der Waals surface area contributed by atoms with Crippen LogP contribution >= 0.6 is 0 Å². The molecule has 2 atom stereocenters. The normalized spacial score (nSPS) is 24.5. The molecule has 5 heteroatoms. The molecule has 2 fully saturated rings. The van der Waals surface area contributed by atoms with E-state index >= 15 is 0 Å². The van der Waals surface area contributed by atoms with E-state index in [0.717, 1.165) is 37.1 Å². The molecule has 2 aliphatic rings. The second-order valence-corrected chi connectivity index (χ2v) is 6.26. The van der Waals surface area contributed by atoms with Gasteiger partial charge in [0.05, 0.1) is 11.0 Å². The van der Waals surface area contributed by atoms with E-state index in [1.54, 1.807) is 0 Å². The van der Waals surface area contributed by atoms with Crippen molar-refractivity contribution in [2.24, 2.45) is 0 Å². The first-order chi connectivity index (χ1) is 10.7. The van der Waals surface area contributed by atoms with Crippen molar-refractivity contribution in [3.8, 4) is 0 Å². The van der Waals surface area contributed by atoms with Crippen LogP contribution in [0.3, 0.4) is 0 Å². The van der Waals surface area contributed by atoms with Gasteiger partial charge in [-0.2, -0.15) is 0 Å². The lowest BCUT2D eigenvalue weighted by Gasteiger charge is -2.34.